The van der Waals surface area contributed by atoms with E-state index in [1.165, 1.54) is 0 Å². The van der Waals surface area contributed by atoms with Crippen molar-refractivity contribution in [2.24, 2.45) is 5.73 Å². The van der Waals surface area contributed by atoms with Crippen molar-refractivity contribution in [3.05, 3.63) is 88.5 Å². The minimum Gasteiger partial charge on any atom is -0.351 e. The smallest absolute Gasteiger partial charge is 0.314 e. The van der Waals surface area contributed by atoms with Gasteiger partial charge in [0.15, 0.2) is 0 Å². The molecule has 3 heterocycles. The number of fused-ring (bicyclic) bond motifs is 1. The van der Waals surface area contributed by atoms with Gasteiger partial charge in [-0.25, -0.2) is 9.78 Å². The quantitative estimate of drug-likeness (QED) is 0.543. The maximum absolute atomic E-state index is 13.8. The fourth-order valence-corrected chi connectivity index (χ4v) is 5.43. The number of nitrogens with two attached hydrogens (primary N) is 1. The number of carbonyl (C=O) groups is 3. The van der Waals surface area contributed by atoms with Gasteiger partial charge in [-0.3, -0.25) is 9.59 Å². The minimum absolute atomic E-state index is 0.112. The Kier molecular flexibility index (Phi) is 7.64. The number of carbonyl (C=O) groups excluding carboxylic acids is 3. The highest BCUT2D eigenvalue weighted by atomic mass is 35.5. The summed E-state index contributed by atoms with van der Waals surface area (Å²) in [5.74, 6) is -0.233. The number of imidazole rings is 1. The van der Waals surface area contributed by atoms with Gasteiger partial charge in [-0.15, -0.1) is 0 Å². The van der Waals surface area contributed by atoms with Gasteiger partial charge in [0.1, 0.15) is 6.04 Å². The molecule has 1 atom stereocenters. The molecule has 2 aliphatic rings. The van der Waals surface area contributed by atoms with E-state index in [2.05, 4.69) is 4.98 Å². The summed E-state index contributed by atoms with van der Waals surface area (Å²) in [6.45, 7) is 2.58. The molecule has 3 aromatic rings. The van der Waals surface area contributed by atoms with Crippen LogP contribution in [0.5, 0.6) is 0 Å². The third-order valence-corrected chi connectivity index (χ3v) is 7.71. The second-order valence-electron chi connectivity index (χ2n) is 9.77. The molecule has 1 aromatic heterocycles. The molecule has 38 heavy (non-hydrogen) atoms. The van der Waals surface area contributed by atoms with E-state index in [0.29, 0.717) is 50.6 Å². The largest absolute Gasteiger partial charge is 0.351 e. The topological polar surface area (TPSA) is 105 Å². The molecule has 2 aliphatic heterocycles. The predicted molar refractivity (Wildman–Crippen MR) is 143 cm³/mol. The van der Waals surface area contributed by atoms with E-state index in [1.54, 1.807) is 21.0 Å². The number of rotatable bonds is 5. The average molecular weight is 535 g/mol. The Morgan fingerprint density at radius 1 is 0.947 bits per heavy atom. The van der Waals surface area contributed by atoms with E-state index in [-0.39, 0.29) is 24.8 Å². The molecule has 9 nitrogen and oxygen atoms in total. The van der Waals surface area contributed by atoms with Gasteiger partial charge in [0, 0.05) is 37.6 Å². The number of halogens is 1. The van der Waals surface area contributed by atoms with E-state index >= 15 is 0 Å². The molecular weight excluding hydrogens is 504 g/mol. The van der Waals surface area contributed by atoms with Crippen molar-refractivity contribution in [2.75, 3.05) is 26.2 Å². The van der Waals surface area contributed by atoms with Crippen LogP contribution in [0.1, 0.15) is 28.9 Å². The summed E-state index contributed by atoms with van der Waals surface area (Å²) < 4.78 is 2.01. The Bertz CT molecular complexity index is 1330. The van der Waals surface area contributed by atoms with Crippen LogP contribution in [0, 0.1) is 0 Å². The summed E-state index contributed by atoms with van der Waals surface area (Å²) in [6.07, 6.45) is 2.93. The summed E-state index contributed by atoms with van der Waals surface area (Å²) in [5.41, 5.74) is 9.04. The predicted octanol–water partition coefficient (Wildman–Crippen LogP) is 2.69. The normalized spacial score (nSPS) is 17.6. The number of primary amides is 1. The van der Waals surface area contributed by atoms with Crippen LogP contribution >= 0.6 is 11.6 Å². The molecular formula is C28H31ClN6O3. The molecule has 0 spiro atoms. The van der Waals surface area contributed by atoms with Crippen LogP contribution in [0.25, 0.3) is 0 Å². The molecule has 0 radical (unpaired) electrons. The third-order valence-electron chi connectivity index (χ3n) is 7.34. The highest BCUT2D eigenvalue weighted by molar-refractivity contribution is 6.31. The number of hydrogen-bond acceptors (Lipinski definition) is 4. The van der Waals surface area contributed by atoms with Crippen LogP contribution in [-0.4, -0.2) is 74.3 Å². The molecule has 0 saturated carbocycles. The maximum Gasteiger partial charge on any atom is 0.314 e. The lowest BCUT2D eigenvalue weighted by Gasteiger charge is -2.37. The molecule has 1 unspecified atom stereocenters. The average Bonchev–Trinajstić information content (AvgIpc) is 3.13. The number of urea groups is 1. The first kappa shape index (κ1) is 25.8. The zero-order valence-electron chi connectivity index (χ0n) is 21.1. The van der Waals surface area contributed by atoms with Gasteiger partial charge in [0.2, 0.25) is 11.8 Å². The van der Waals surface area contributed by atoms with E-state index in [0.717, 1.165) is 22.5 Å². The van der Waals surface area contributed by atoms with E-state index < -0.39 is 12.1 Å². The first-order valence-electron chi connectivity index (χ1n) is 12.8. The number of hydrogen-bond donors (Lipinski definition) is 1. The van der Waals surface area contributed by atoms with Gasteiger partial charge >= 0.3 is 6.03 Å². The van der Waals surface area contributed by atoms with Crippen molar-refractivity contribution in [3.8, 4) is 0 Å². The van der Waals surface area contributed by atoms with Gasteiger partial charge in [0.25, 0.3) is 0 Å². The standard InChI is InChI=1S/C28H31ClN6O3/c29-22-10-5-4-9-21(22)17-34-19-31-23-16-24(27(37)32-11-6-12-33(14-13-32)28(30)38)35(18-25(23)34)26(36)15-20-7-2-1-3-8-20/h1-5,7-10,19,24H,6,11-18H2,(H2,30,38). The van der Waals surface area contributed by atoms with E-state index in [9.17, 15) is 14.4 Å². The molecule has 4 amide bonds. The van der Waals surface area contributed by atoms with Gasteiger partial charge in [0.05, 0.1) is 37.2 Å². The molecule has 1 fully saturated rings. The SMILES string of the molecule is NC(=O)N1CCCN(C(=O)C2Cc3ncn(Cc4ccccc4Cl)c3CN2C(=O)Cc2ccccc2)CC1. The molecule has 2 N–H and O–H groups in total. The van der Waals surface area contributed by atoms with Crippen LogP contribution in [0.4, 0.5) is 4.79 Å². The van der Waals surface area contributed by atoms with Crippen LogP contribution in [0.3, 0.4) is 0 Å². The minimum atomic E-state index is -0.664. The van der Waals surface area contributed by atoms with Crippen molar-refractivity contribution >= 4 is 29.4 Å². The highest BCUT2D eigenvalue weighted by Gasteiger charge is 2.39. The van der Waals surface area contributed by atoms with Gasteiger partial charge < -0.3 is 25.0 Å². The molecule has 198 valence electrons. The summed E-state index contributed by atoms with van der Waals surface area (Å²) in [4.78, 5) is 48.8. The Morgan fingerprint density at radius 2 is 1.66 bits per heavy atom. The Morgan fingerprint density at radius 3 is 2.42 bits per heavy atom. The van der Waals surface area contributed by atoms with Crippen LogP contribution < -0.4 is 5.73 Å². The molecule has 0 aliphatic carbocycles. The Labute approximate surface area is 226 Å². The molecule has 2 aromatic carbocycles. The van der Waals surface area contributed by atoms with E-state index in [1.807, 2.05) is 59.2 Å². The number of nitrogens with zero attached hydrogens (tertiary/aromatic N) is 5. The maximum atomic E-state index is 13.8. The van der Waals surface area contributed by atoms with Crippen molar-refractivity contribution in [3.63, 3.8) is 0 Å². The van der Waals surface area contributed by atoms with E-state index in [4.69, 9.17) is 17.3 Å². The molecule has 10 heteroatoms. The zero-order chi connectivity index (χ0) is 26.6. The fourth-order valence-electron chi connectivity index (χ4n) is 5.24. The zero-order valence-corrected chi connectivity index (χ0v) is 21.9. The number of aromatic nitrogens is 2. The van der Waals surface area contributed by atoms with Crippen LogP contribution in [0.2, 0.25) is 5.02 Å². The second-order valence-corrected chi connectivity index (χ2v) is 10.2. The number of benzene rings is 2. The summed E-state index contributed by atoms with van der Waals surface area (Å²) >= 11 is 6.41. The lowest BCUT2D eigenvalue weighted by molar-refractivity contribution is -0.146. The molecule has 1 saturated heterocycles. The third kappa shape index (κ3) is 5.52. The first-order valence-corrected chi connectivity index (χ1v) is 13.2. The Balaban J connectivity index is 1.42. The fraction of sp³-hybridized carbons (Fsp3) is 0.357. The van der Waals surface area contributed by atoms with Gasteiger partial charge in [-0.1, -0.05) is 60.1 Å². The van der Waals surface area contributed by atoms with Gasteiger partial charge in [-0.05, 0) is 23.6 Å². The Hall–Kier alpha value is -3.85. The second kappa shape index (κ2) is 11.3. The highest BCUT2D eigenvalue weighted by Crippen LogP contribution is 2.27. The summed E-state index contributed by atoms with van der Waals surface area (Å²) in [5, 5.41) is 0.669. The van der Waals surface area contributed by atoms with Crippen molar-refractivity contribution in [1.82, 2.24) is 24.3 Å². The number of amides is 4. The molecule has 0 bridgehead atoms. The monoisotopic (exact) mass is 534 g/mol. The van der Waals surface area contributed by atoms with Crippen molar-refractivity contribution in [2.45, 2.75) is 38.4 Å². The van der Waals surface area contributed by atoms with Crippen LogP contribution in [-0.2, 0) is 35.5 Å². The lowest BCUT2D eigenvalue weighted by Crippen LogP contribution is -2.55. The van der Waals surface area contributed by atoms with Crippen LogP contribution in [0.15, 0.2) is 60.9 Å². The lowest BCUT2D eigenvalue weighted by atomic mass is 9.99. The van der Waals surface area contributed by atoms with Gasteiger partial charge in [-0.2, -0.15) is 0 Å². The van der Waals surface area contributed by atoms with Crippen molar-refractivity contribution in [1.29, 1.82) is 0 Å². The first-order chi connectivity index (χ1) is 18.4. The summed E-state index contributed by atoms with van der Waals surface area (Å²) in [7, 11) is 0. The van der Waals surface area contributed by atoms with Crippen molar-refractivity contribution < 1.29 is 14.4 Å². The summed E-state index contributed by atoms with van der Waals surface area (Å²) in [6, 6.07) is 16.1. The molecule has 5 rings (SSSR count).